The number of amides is 2. The minimum atomic E-state index is -0.170. The summed E-state index contributed by atoms with van der Waals surface area (Å²) >= 11 is 5.96. The van der Waals surface area contributed by atoms with Gasteiger partial charge in [0.05, 0.1) is 6.04 Å². The van der Waals surface area contributed by atoms with Gasteiger partial charge in [0, 0.05) is 24.5 Å². The predicted molar refractivity (Wildman–Crippen MR) is 93.1 cm³/mol. The number of halogens is 1. The second-order valence-electron chi connectivity index (χ2n) is 5.94. The summed E-state index contributed by atoms with van der Waals surface area (Å²) in [4.78, 5) is 16.7. The second kappa shape index (κ2) is 7.66. The number of carbonyl (C=O) groups excluding carboxylic acids is 1. The number of nitrogens with zero attached hydrogens (tertiary/aromatic N) is 3. The standard InChI is InChI=1S/C17H22ClN5O/c1-2-15-21-16-14(7-4-10-23(16)22-15)20-17(24)19-9-8-12-5-3-6-13(18)11-12/h3,5-6,11,14H,2,4,7-10H2,1H3,(H2,19,20,24)/t14-/m0/s1. The van der Waals surface area contributed by atoms with Gasteiger partial charge in [-0.2, -0.15) is 5.10 Å². The molecule has 1 atom stereocenters. The topological polar surface area (TPSA) is 71.8 Å². The number of urea groups is 1. The second-order valence-corrected chi connectivity index (χ2v) is 6.37. The zero-order valence-electron chi connectivity index (χ0n) is 13.8. The van der Waals surface area contributed by atoms with Crippen molar-refractivity contribution in [3.8, 4) is 0 Å². The van der Waals surface area contributed by atoms with Crippen LogP contribution in [0, 0.1) is 0 Å². The molecule has 1 aromatic carbocycles. The average molecular weight is 348 g/mol. The van der Waals surface area contributed by atoms with Crippen LogP contribution in [-0.2, 0) is 19.4 Å². The number of carbonyl (C=O) groups is 1. The number of rotatable bonds is 5. The fraction of sp³-hybridized carbons (Fsp3) is 0.471. The van der Waals surface area contributed by atoms with E-state index in [4.69, 9.17) is 11.6 Å². The van der Waals surface area contributed by atoms with Gasteiger partial charge in [0.1, 0.15) is 5.82 Å². The number of aromatic nitrogens is 3. The first-order valence-electron chi connectivity index (χ1n) is 8.38. The van der Waals surface area contributed by atoms with Gasteiger partial charge in [-0.1, -0.05) is 30.7 Å². The monoisotopic (exact) mass is 347 g/mol. The molecule has 2 aromatic rings. The van der Waals surface area contributed by atoms with Crippen molar-refractivity contribution in [3.63, 3.8) is 0 Å². The molecule has 0 bridgehead atoms. The van der Waals surface area contributed by atoms with Gasteiger partial charge >= 0.3 is 6.03 Å². The molecule has 0 aliphatic carbocycles. The highest BCUT2D eigenvalue weighted by Crippen LogP contribution is 2.23. The molecule has 1 aliphatic heterocycles. The molecular formula is C17H22ClN5O. The lowest BCUT2D eigenvalue weighted by molar-refractivity contribution is 0.233. The van der Waals surface area contributed by atoms with E-state index in [1.54, 1.807) is 0 Å². The summed E-state index contributed by atoms with van der Waals surface area (Å²) in [6, 6.07) is 7.43. The van der Waals surface area contributed by atoms with E-state index in [1.807, 2.05) is 35.9 Å². The van der Waals surface area contributed by atoms with E-state index in [1.165, 1.54) is 0 Å². The summed E-state index contributed by atoms with van der Waals surface area (Å²) in [6.07, 6.45) is 3.43. The number of aryl methyl sites for hydroxylation is 2. The Hall–Kier alpha value is -2.08. The van der Waals surface area contributed by atoms with Crippen molar-refractivity contribution in [1.82, 2.24) is 25.4 Å². The first-order chi connectivity index (χ1) is 11.7. The lowest BCUT2D eigenvalue weighted by atomic mass is 10.1. The zero-order chi connectivity index (χ0) is 16.9. The molecule has 1 aliphatic rings. The van der Waals surface area contributed by atoms with Crippen LogP contribution in [0.5, 0.6) is 0 Å². The highest BCUT2D eigenvalue weighted by Gasteiger charge is 2.25. The van der Waals surface area contributed by atoms with Crippen LogP contribution >= 0.6 is 11.6 Å². The SMILES string of the molecule is CCc1nc2n(n1)CCC[C@@H]2NC(=O)NCCc1cccc(Cl)c1. The largest absolute Gasteiger partial charge is 0.338 e. The van der Waals surface area contributed by atoms with Crippen LogP contribution in [0.15, 0.2) is 24.3 Å². The normalized spacial score (nSPS) is 16.5. The van der Waals surface area contributed by atoms with Crippen molar-refractivity contribution in [2.24, 2.45) is 0 Å². The first kappa shape index (κ1) is 16.8. The van der Waals surface area contributed by atoms with Gasteiger partial charge in [0.25, 0.3) is 0 Å². The number of hydrogen-bond acceptors (Lipinski definition) is 3. The first-order valence-corrected chi connectivity index (χ1v) is 8.76. The van der Waals surface area contributed by atoms with Gasteiger partial charge in [-0.15, -0.1) is 0 Å². The quantitative estimate of drug-likeness (QED) is 0.873. The maximum absolute atomic E-state index is 12.1. The Morgan fingerprint density at radius 2 is 2.33 bits per heavy atom. The Morgan fingerprint density at radius 3 is 3.12 bits per heavy atom. The van der Waals surface area contributed by atoms with E-state index in [-0.39, 0.29) is 12.1 Å². The van der Waals surface area contributed by atoms with Crippen LogP contribution in [0.4, 0.5) is 4.79 Å². The maximum atomic E-state index is 12.1. The smallest absolute Gasteiger partial charge is 0.315 e. The van der Waals surface area contributed by atoms with Gasteiger partial charge in [-0.3, -0.25) is 0 Å². The lowest BCUT2D eigenvalue weighted by Gasteiger charge is -2.23. The number of fused-ring (bicyclic) bond motifs is 1. The molecule has 2 N–H and O–H groups in total. The van der Waals surface area contributed by atoms with Crippen LogP contribution in [-0.4, -0.2) is 27.3 Å². The van der Waals surface area contributed by atoms with Gasteiger partial charge in [-0.25, -0.2) is 14.5 Å². The third-order valence-electron chi connectivity index (χ3n) is 4.13. The van der Waals surface area contributed by atoms with E-state index in [9.17, 15) is 4.79 Å². The van der Waals surface area contributed by atoms with E-state index < -0.39 is 0 Å². The molecule has 0 spiro atoms. The Balaban J connectivity index is 1.51. The van der Waals surface area contributed by atoms with Crippen molar-refractivity contribution >= 4 is 17.6 Å². The minimum absolute atomic E-state index is 0.0716. The van der Waals surface area contributed by atoms with E-state index in [2.05, 4.69) is 20.7 Å². The summed E-state index contributed by atoms with van der Waals surface area (Å²) in [6.45, 7) is 3.47. The highest BCUT2D eigenvalue weighted by atomic mass is 35.5. The Labute approximate surface area is 146 Å². The van der Waals surface area contributed by atoms with E-state index >= 15 is 0 Å². The van der Waals surface area contributed by atoms with Crippen LogP contribution in [0.2, 0.25) is 5.02 Å². The maximum Gasteiger partial charge on any atom is 0.315 e. The number of benzene rings is 1. The Kier molecular flexibility index (Phi) is 5.35. The van der Waals surface area contributed by atoms with Crippen LogP contribution in [0.25, 0.3) is 0 Å². The molecule has 0 fully saturated rings. The van der Waals surface area contributed by atoms with E-state index in [0.29, 0.717) is 11.6 Å². The molecule has 6 nitrogen and oxygen atoms in total. The molecule has 2 amide bonds. The Morgan fingerprint density at radius 1 is 1.46 bits per heavy atom. The molecule has 7 heteroatoms. The van der Waals surface area contributed by atoms with Crippen molar-refractivity contribution in [2.45, 2.75) is 45.2 Å². The van der Waals surface area contributed by atoms with Gasteiger partial charge in [0.2, 0.25) is 0 Å². The molecule has 1 aromatic heterocycles. The molecule has 3 rings (SSSR count). The third-order valence-corrected chi connectivity index (χ3v) is 4.36. The fourth-order valence-corrected chi connectivity index (χ4v) is 3.12. The molecule has 0 saturated heterocycles. The molecule has 0 unspecified atom stereocenters. The molecule has 0 saturated carbocycles. The third kappa shape index (κ3) is 4.06. The molecule has 2 heterocycles. The highest BCUT2D eigenvalue weighted by molar-refractivity contribution is 6.30. The molecular weight excluding hydrogens is 326 g/mol. The minimum Gasteiger partial charge on any atom is -0.338 e. The van der Waals surface area contributed by atoms with Crippen molar-refractivity contribution in [1.29, 1.82) is 0 Å². The van der Waals surface area contributed by atoms with Crippen LogP contribution in [0.1, 0.15) is 43.0 Å². The van der Waals surface area contributed by atoms with Crippen molar-refractivity contribution in [2.75, 3.05) is 6.54 Å². The van der Waals surface area contributed by atoms with Crippen molar-refractivity contribution < 1.29 is 4.79 Å². The molecule has 24 heavy (non-hydrogen) atoms. The van der Waals surface area contributed by atoms with E-state index in [0.717, 1.165) is 49.4 Å². The van der Waals surface area contributed by atoms with Gasteiger partial charge < -0.3 is 10.6 Å². The summed E-state index contributed by atoms with van der Waals surface area (Å²) in [5.74, 6) is 1.70. The van der Waals surface area contributed by atoms with Crippen molar-refractivity contribution in [3.05, 3.63) is 46.5 Å². The summed E-state index contributed by atoms with van der Waals surface area (Å²) in [7, 11) is 0. The summed E-state index contributed by atoms with van der Waals surface area (Å²) < 4.78 is 1.92. The van der Waals surface area contributed by atoms with Gasteiger partial charge in [0.15, 0.2) is 5.82 Å². The average Bonchev–Trinajstić information content (AvgIpc) is 2.99. The summed E-state index contributed by atoms with van der Waals surface area (Å²) in [5.41, 5.74) is 1.10. The number of nitrogens with one attached hydrogen (secondary N) is 2. The van der Waals surface area contributed by atoms with Gasteiger partial charge in [-0.05, 0) is 37.0 Å². The molecule has 128 valence electrons. The lowest BCUT2D eigenvalue weighted by Crippen LogP contribution is -2.40. The van der Waals surface area contributed by atoms with Crippen LogP contribution < -0.4 is 10.6 Å². The Bertz CT molecular complexity index is 715. The fourth-order valence-electron chi connectivity index (χ4n) is 2.91. The number of hydrogen-bond donors (Lipinski definition) is 2. The predicted octanol–water partition coefficient (Wildman–Crippen LogP) is 2.87. The zero-order valence-corrected chi connectivity index (χ0v) is 14.5. The summed E-state index contributed by atoms with van der Waals surface area (Å²) in [5, 5.41) is 11.1. The van der Waals surface area contributed by atoms with Crippen LogP contribution in [0.3, 0.4) is 0 Å². The molecule has 0 radical (unpaired) electrons.